The predicted molar refractivity (Wildman–Crippen MR) is 115 cm³/mol. The third-order valence-electron chi connectivity index (χ3n) is 5.85. The average Bonchev–Trinajstić information content (AvgIpc) is 3.15. The number of aryl methyl sites for hydroxylation is 2. The van der Waals surface area contributed by atoms with E-state index in [0.717, 1.165) is 50.4 Å². The molecule has 29 heavy (non-hydrogen) atoms. The van der Waals surface area contributed by atoms with Crippen molar-refractivity contribution in [2.75, 3.05) is 11.4 Å². The molecule has 3 heterocycles. The van der Waals surface area contributed by atoms with Crippen LogP contribution in [0.1, 0.15) is 45.4 Å². The minimum atomic E-state index is -0.247. The number of rotatable bonds is 7. The number of benzene rings is 1. The van der Waals surface area contributed by atoms with Gasteiger partial charge in [0.25, 0.3) is 5.56 Å². The third-order valence-corrected chi connectivity index (χ3v) is 5.85. The van der Waals surface area contributed by atoms with Gasteiger partial charge in [0, 0.05) is 20.0 Å². The standard InChI is InChI=1S/C22H29N5O2/c1-3-4-5-6-10-14-27-20(28)18-19(24(2)22(27)29)23-21-25(15-11-16-26(18)21)17-12-8-7-9-13-17/h7-9,12-13H,3-6,10-11,14-16H2,1-2H3/p+1. The van der Waals surface area contributed by atoms with E-state index < -0.39 is 0 Å². The maximum atomic E-state index is 13.3. The molecule has 7 nitrogen and oxygen atoms in total. The van der Waals surface area contributed by atoms with Crippen LogP contribution in [0.15, 0.2) is 39.9 Å². The van der Waals surface area contributed by atoms with Crippen molar-refractivity contribution >= 4 is 22.8 Å². The van der Waals surface area contributed by atoms with Crippen molar-refractivity contribution in [3.8, 4) is 0 Å². The van der Waals surface area contributed by atoms with E-state index in [1.165, 1.54) is 17.4 Å². The normalized spacial score (nSPS) is 13.8. The highest BCUT2D eigenvalue weighted by Gasteiger charge is 2.32. The lowest BCUT2D eigenvalue weighted by molar-refractivity contribution is -0.663. The molecule has 2 aromatic heterocycles. The van der Waals surface area contributed by atoms with Crippen LogP contribution in [0.2, 0.25) is 0 Å². The predicted octanol–water partition coefficient (Wildman–Crippen LogP) is 2.83. The van der Waals surface area contributed by atoms with Crippen LogP contribution in [-0.2, 0) is 20.1 Å². The summed E-state index contributed by atoms with van der Waals surface area (Å²) >= 11 is 0. The van der Waals surface area contributed by atoms with Crippen molar-refractivity contribution in [3.05, 3.63) is 51.2 Å². The molecular formula is C22H30N5O2+. The van der Waals surface area contributed by atoms with Crippen molar-refractivity contribution in [3.63, 3.8) is 0 Å². The van der Waals surface area contributed by atoms with Crippen molar-refractivity contribution in [1.29, 1.82) is 0 Å². The number of para-hydroxylation sites is 1. The zero-order valence-electron chi connectivity index (χ0n) is 17.4. The second kappa shape index (κ2) is 8.27. The molecule has 0 saturated heterocycles. The molecule has 0 amide bonds. The molecule has 0 fully saturated rings. The van der Waals surface area contributed by atoms with Gasteiger partial charge in [0.05, 0.1) is 13.1 Å². The fourth-order valence-electron chi connectivity index (χ4n) is 4.27. The Hall–Kier alpha value is -2.83. The van der Waals surface area contributed by atoms with Gasteiger partial charge in [-0.1, -0.05) is 50.8 Å². The number of hydrogen-bond acceptors (Lipinski definition) is 3. The van der Waals surface area contributed by atoms with E-state index in [4.69, 9.17) is 0 Å². The van der Waals surface area contributed by atoms with Crippen LogP contribution in [-0.4, -0.2) is 20.7 Å². The molecule has 7 heteroatoms. The van der Waals surface area contributed by atoms with Gasteiger partial charge in [-0.25, -0.2) is 19.2 Å². The molecular weight excluding hydrogens is 366 g/mol. The van der Waals surface area contributed by atoms with E-state index in [-0.39, 0.29) is 11.2 Å². The fourth-order valence-corrected chi connectivity index (χ4v) is 4.27. The lowest BCUT2D eigenvalue weighted by Crippen LogP contribution is -2.49. The third kappa shape index (κ3) is 3.50. The van der Waals surface area contributed by atoms with E-state index in [1.807, 2.05) is 22.8 Å². The summed E-state index contributed by atoms with van der Waals surface area (Å²) in [6.07, 6.45) is 6.36. The number of aromatic nitrogens is 4. The molecule has 154 valence electrons. The zero-order valence-corrected chi connectivity index (χ0v) is 17.4. The van der Waals surface area contributed by atoms with E-state index in [1.54, 1.807) is 11.6 Å². The van der Waals surface area contributed by atoms with E-state index in [9.17, 15) is 9.59 Å². The van der Waals surface area contributed by atoms with Gasteiger partial charge in [0.15, 0.2) is 0 Å². The Morgan fingerprint density at radius 2 is 1.83 bits per heavy atom. The maximum absolute atomic E-state index is 13.3. The smallest absolute Gasteiger partial charge is 0.267 e. The molecule has 3 aromatic rings. The Bertz CT molecular complexity index is 1110. The lowest BCUT2D eigenvalue weighted by Gasteiger charge is -2.21. The Kier molecular flexibility index (Phi) is 5.56. The second-order valence-electron chi connectivity index (χ2n) is 7.85. The summed E-state index contributed by atoms with van der Waals surface area (Å²) in [6, 6.07) is 10.1. The molecule has 0 unspecified atom stereocenters. The first-order valence-electron chi connectivity index (χ1n) is 10.7. The second-order valence-corrected chi connectivity index (χ2v) is 7.85. The average molecular weight is 397 g/mol. The van der Waals surface area contributed by atoms with Crippen LogP contribution < -0.4 is 20.7 Å². The fraction of sp³-hybridized carbons (Fsp3) is 0.500. The molecule has 0 bridgehead atoms. The van der Waals surface area contributed by atoms with Gasteiger partial charge >= 0.3 is 11.6 Å². The zero-order chi connectivity index (χ0) is 20.4. The highest BCUT2D eigenvalue weighted by atomic mass is 16.2. The molecule has 1 aromatic carbocycles. The lowest BCUT2D eigenvalue weighted by atomic mass is 10.1. The summed E-state index contributed by atoms with van der Waals surface area (Å²) < 4.78 is 5.04. The molecule has 0 spiro atoms. The number of nitrogens with one attached hydrogen (secondary N) is 1. The Morgan fingerprint density at radius 3 is 2.59 bits per heavy atom. The minimum Gasteiger partial charge on any atom is -0.267 e. The number of fused-ring (bicyclic) bond motifs is 3. The molecule has 4 rings (SSSR count). The Morgan fingerprint density at radius 1 is 1.07 bits per heavy atom. The SMILES string of the molecule is CCCCCCCn1c(=O)c2c([nH]c3[n+]2CCCN3c2ccccc2)n(C)c1=O. The van der Waals surface area contributed by atoms with E-state index in [0.29, 0.717) is 17.7 Å². The summed E-state index contributed by atoms with van der Waals surface area (Å²) in [7, 11) is 1.74. The van der Waals surface area contributed by atoms with Gasteiger partial charge in [-0.15, -0.1) is 0 Å². The molecule has 0 atom stereocenters. The minimum absolute atomic E-state index is 0.184. The summed E-state index contributed by atoms with van der Waals surface area (Å²) in [5.41, 5.74) is 1.84. The highest BCUT2D eigenvalue weighted by molar-refractivity contribution is 5.70. The maximum Gasteiger partial charge on any atom is 0.364 e. The summed E-state index contributed by atoms with van der Waals surface area (Å²) in [6.45, 7) is 4.30. The van der Waals surface area contributed by atoms with Crippen LogP contribution in [0.25, 0.3) is 11.2 Å². The van der Waals surface area contributed by atoms with E-state index >= 15 is 0 Å². The summed E-state index contributed by atoms with van der Waals surface area (Å²) in [5.74, 6) is 0.866. The van der Waals surface area contributed by atoms with Gasteiger partial charge in [0.1, 0.15) is 5.69 Å². The monoisotopic (exact) mass is 396 g/mol. The van der Waals surface area contributed by atoms with Crippen LogP contribution >= 0.6 is 0 Å². The number of aromatic amines is 1. The number of anilines is 2. The van der Waals surface area contributed by atoms with Crippen molar-refractivity contribution in [2.24, 2.45) is 7.05 Å². The van der Waals surface area contributed by atoms with Gasteiger partial charge in [-0.2, -0.15) is 0 Å². The van der Waals surface area contributed by atoms with Crippen molar-refractivity contribution in [2.45, 2.75) is 58.5 Å². The first-order chi connectivity index (χ1) is 14.1. The topological polar surface area (TPSA) is 66.9 Å². The number of H-pyrrole nitrogens is 1. The van der Waals surface area contributed by atoms with Crippen LogP contribution in [0.4, 0.5) is 11.6 Å². The Labute approximate surface area is 170 Å². The molecule has 0 aliphatic carbocycles. The molecule has 0 saturated carbocycles. The molecule has 1 aliphatic rings. The number of hydrogen-bond donors (Lipinski definition) is 1. The van der Waals surface area contributed by atoms with Crippen molar-refractivity contribution in [1.82, 2.24) is 14.1 Å². The molecule has 0 radical (unpaired) electrons. The summed E-state index contributed by atoms with van der Waals surface area (Å²) in [4.78, 5) is 31.7. The first-order valence-corrected chi connectivity index (χ1v) is 10.7. The molecule has 1 aliphatic heterocycles. The van der Waals surface area contributed by atoms with Gasteiger partial charge in [-0.3, -0.25) is 13.9 Å². The number of unbranched alkanes of at least 4 members (excludes halogenated alkanes) is 4. The van der Waals surface area contributed by atoms with Gasteiger partial charge in [-0.05, 0) is 18.6 Å². The number of imidazole rings is 1. The van der Waals surface area contributed by atoms with Crippen molar-refractivity contribution < 1.29 is 4.57 Å². The highest BCUT2D eigenvalue weighted by Crippen LogP contribution is 2.25. The Balaban J connectivity index is 1.77. The van der Waals surface area contributed by atoms with Crippen LogP contribution in [0, 0.1) is 0 Å². The first kappa shape index (κ1) is 19.5. The number of nitrogens with zero attached hydrogens (tertiary/aromatic N) is 4. The quantitative estimate of drug-likeness (QED) is 0.493. The van der Waals surface area contributed by atoms with Crippen LogP contribution in [0.3, 0.4) is 0 Å². The van der Waals surface area contributed by atoms with E-state index in [2.05, 4.69) is 28.9 Å². The van der Waals surface area contributed by atoms with Crippen LogP contribution in [0.5, 0.6) is 0 Å². The largest absolute Gasteiger partial charge is 0.364 e. The summed E-state index contributed by atoms with van der Waals surface area (Å²) in [5, 5.41) is 0. The van der Waals surface area contributed by atoms with Gasteiger partial charge in [0.2, 0.25) is 11.2 Å². The molecule has 1 N–H and O–H groups in total. The van der Waals surface area contributed by atoms with Gasteiger partial charge < -0.3 is 0 Å².